The molecule has 3 aromatic carbocycles. The summed E-state index contributed by atoms with van der Waals surface area (Å²) < 4.78 is 0. The molecule has 0 saturated heterocycles. The third-order valence-corrected chi connectivity index (χ3v) is 3.90. The number of aryl methyl sites for hydroxylation is 1. The molecule has 3 rings (SSSR count). The van der Waals surface area contributed by atoms with E-state index in [2.05, 4.69) is 10.5 Å². The fourth-order valence-corrected chi connectivity index (χ4v) is 2.62. The summed E-state index contributed by atoms with van der Waals surface area (Å²) in [6.45, 7) is 1.88. The Hall–Kier alpha value is -3.47. The fraction of sp³-hybridized carbons (Fsp3) is 0.0500. The Morgan fingerprint density at radius 1 is 1.00 bits per heavy atom. The van der Waals surface area contributed by atoms with E-state index in [1.54, 1.807) is 12.1 Å². The van der Waals surface area contributed by atoms with Crippen molar-refractivity contribution in [2.45, 2.75) is 6.92 Å². The van der Waals surface area contributed by atoms with Crippen molar-refractivity contribution < 1.29 is 14.7 Å². The van der Waals surface area contributed by atoms with Gasteiger partial charge in [0.05, 0.1) is 17.3 Å². The zero-order valence-corrected chi connectivity index (χ0v) is 13.6. The standard InChI is InChI=1S/C20H16N2O3/c1-13-6-9-15-4-2-3-5-17(15)18(13)19(23)22-21-12-14-7-10-16(11-8-14)20(24)25/h2-12H,1H3,(H,22,23)(H,24,25)/b21-12-. The first-order valence-corrected chi connectivity index (χ1v) is 7.71. The van der Waals surface area contributed by atoms with E-state index < -0.39 is 5.97 Å². The van der Waals surface area contributed by atoms with E-state index in [0.29, 0.717) is 11.1 Å². The van der Waals surface area contributed by atoms with Gasteiger partial charge in [-0.25, -0.2) is 10.2 Å². The van der Waals surface area contributed by atoms with Gasteiger partial charge in [0.25, 0.3) is 5.91 Å². The summed E-state index contributed by atoms with van der Waals surface area (Å²) in [5.74, 6) is -1.27. The highest BCUT2D eigenvalue weighted by molar-refractivity contribution is 6.08. The number of hydrogen-bond donors (Lipinski definition) is 2. The van der Waals surface area contributed by atoms with Crippen LogP contribution in [-0.4, -0.2) is 23.2 Å². The number of hydrazone groups is 1. The van der Waals surface area contributed by atoms with E-state index in [1.165, 1.54) is 18.3 Å². The summed E-state index contributed by atoms with van der Waals surface area (Å²) in [7, 11) is 0. The SMILES string of the molecule is Cc1ccc2ccccc2c1C(=O)N/N=C\c1ccc(C(=O)O)cc1. The number of aromatic carboxylic acids is 1. The Kier molecular flexibility index (Phi) is 4.57. The number of benzene rings is 3. The van der Waals surface area contributed by atoms with Gasteiger partial charge in [-0.05, 0) is 41.0 Å². The molecule has 2 N–H and O–H groups in total. The van der Waals surface area contributed by atoms with Crippen LogP contribution in [0.25, 0.3) is 10.8 Å². The molecular formula is C20H16N2O3. The molecule has 0 aromatic heterocycles. The van der Waals surface area contributed by atoms with Gasteiger partial charge < -0.3 is 5.11 Å². The number of carboxylic acid groups (broad SMARTS) is 1. The Bertz CT molecular complexity index is 976. The molecule has 124 valence electrons. The predicted octanol–water partition coefficient (Wildman–Crippen LogP) is 3.61. The van der Waals surface area contributed by atoms with E-state index in [1.807, 2.05) is 43.3 Å². The lowest BCUT2D eigenvalue weighted by molar-refractivity contribution is 0.0696. The fourth-order valence-electron chi connectivity index (χ4n) is 2.62. The summed E-state index contributed by atoms with van der Waals surface area (Å²) in [5, 5.41) is 14.7. The topological polar surface area (TPSA) is 78.8 Å². The van der Waals surface area contributed by atoms with E-state index in [-0.39, 0.29) is 11.5 Å². The van der Waals surface area contributed by atoms with Crippen LogP contribution in [-0.2, 0) is 0 Å². The number of carboxylic acids is 1. The van der Waals surface area contributed by atoms with Crippen molar-refractivity contribution in [3.63, 3.8) is 0 Å². The van der Waals surface area contributed by atoms with E-state index in [4.69, 9.17) is 5.11 Å². The van der Waals surface area contributed by atoms with Gasteiger partial charge in [0.2, 0.25) is 0 Å². The summed E-state index contributed by atoms with van der Waals surface area (Å²) in [4.78, 5) is 23.3. The van der Waals surface area contributed by atoms with Crippen LogP contribution >= 0.6 is 0 Å². The monoisotopic (exact) mass is 332 g/mol. The Labute approximate surface area is 144 Å². The normalized spacial score (nSPS) is 10.9. The molecular weight excluding hydrogens is 316 g/mol. The zero-order valence-electron chi connectivity index (χ0n) is 13.6. The Morgan fingerprint density at radius 3 is 2.44 bits per heavy atom. The lowest BCUT2D eigenvalue weighted by Crippen LogP contribution is -2.19. The molecule has 0 unspecified atom stereocenters. The van der Waals surface area contributed by atoms with E-state index in [9.17, 15) is 9.59 Å². The number of carbonyl (C=O) groups excluding carboxylic acids is 1. The summed E-state index contributed by atoms with van der Waals surface area (Å²) in [5.41, 5.74) is 4.89. The van der Waals surface area contributed by atoms with E-state index in [0.717, 1.165) is 16.3 Å². The first-order valence-electron chi connectivity index (χ1n) is 7.71. The van der Waals surface area contributed by atoms with Gasteiger partial charge in [-0.2, -0.15) is 5.10 Å². The third-order valence-electron chi connectivity index (χ3n) is 3.90. The van der Waals surface area contributed by atoms with Gasteiger partial charge in [0.15, 0.2) is 0 Å². The highest BCUT2D eigenvalue weighted by atomic mass is 16.4. The maximum atomic E-state index is 12.5. The smallest absolute Gasteiger partial charge is 0.335 e. The van der Waals surface area contributed by atoms with Gasteiger partial charge in [-0.1, -0.05) is 48.5 Å². The van der Waals surface area contributed by atoms with Crippen LogP contribution in [0, 0.1) is 6.92 Å². The highest BCUT2D eigenvalue weighted by Crippen LogP contribution is 2.22. The molecule has 0 aliphatic carbocycles. The molecule has 0 spiro atoms. The number of hydrogen-bond acceptors (Lipinski definition) is 3. The van der Waals surface area contributed by atoms with Crippen molar-refractivity contribution in [3.05, 3.63) is 82.9 Å². The minimum atomic E-state index is -0.983. The Balaban J connectivity index is 1.79. The van der Waals surface area contributed by atoms with Crippen molar-refractivity contribution in [2.75, 3.05) is 0 Å². The first-order chi connectivity index (χ1) is 12.1. The summed E-state index contributed by atoms with van der Waals surface area (Å²) in [6.07, 6.45) is 1.48. The second kappa shape index (κ2) is 6.97. The molecule has 0 heterocycles. The molecule has 25 heavy (non-hydrogen) atoms. The molecule has 0 atom stereocenters. The molecule has 5 nitrogen and oxygen atoms in total. The van der Waals surface area contributed by atoms with Crippen molar-refractivity contribution >= 4 is 28.9 Å². The summed E-state index contributed by atoms with van der Waals surface area (Å²) in [6, 6.07) is 17.8. The average Bonchev–Trinajstić information content (AvgIpc) is 2.62. The number of fused-ring (bicyclic) bond motifs is 1. The lowest BCUT2D eigenvalue weighted by Gasteiger charge is -2.08. The van der Waals surface area contributed by atoms with Crippen LogP contribution in [0.1, 0.15) is 31.8 Å². The van der Waals surface area contributed by atoms with Crippen LogP contribution in [0.2, 0.25) is 0 Å². The van der Waals surface area contributed by atoms with Crippen LogP contribution in [0.3, 0.4) is 0 Å². The zero-order chi connectivity index (χ0) is 17.8. The average molecular weight is 332 g/mol. The predicted molar refractivity (Wildman–Crippen MR) is 97.1 cm³/mol. The quantitative estimate of drug-likeness (QED) is 0.566. The minimum Gasteiger partial charge on any atom is -0.478 e. The number of amides is 1. The molecule has 5 heteroatoms. The molecule has 0 saturated carbocycles. The molecule has 0 aliphatic heterocycles. The van der Waals surface area contributed by atoms with Crippen molar-refractivity contribution in [2.24, 2.45) is 5.10 Å². The van der Waals surface area contributed by atoms with Gasteiger partial charge in [0.1, 0.15) is 0 Å². The largest absolute Gasteiger partial charge is 0.478 e. The molecule has 3 aromatic rings. The third kappa shape index (κ3) is 3.55. The van der Waals surface area contributed by atoms with Gasteiger partial charge in [-0.15, -0.1) is 0 Å². The maximum Gasteiger partial charge on any atom is 0.335 e. The summed E-state index contributed by atoms with van der Waals surface area (Å²) >= 11 is 0. The van der Waals surface area contributed by atoms with Crippen molar-refractivity contribution in [1.29, 1.82) is 0 Å². The highest BCUT2D eigenvalue weighted by Gasteiger charge is 2.12. The van der Waals surface area contributed by atoms with Crippen LogP contribution in [0.15, 0.2) is 65.8 Å². The number of rotatable bonds is 4. The van der Waals surface area contributed by atoms with E-state index >= 15 is 0 Å². The second-order valence-electron chi connectivity index (χ2n) is 5.60. The molecule has 0 bridgehead atoms. The minimum absolute atomic E-state index is 0.201. The molecule has 0 radical (unpaired) electrons. The molecule has 0 fully saturated rings. The van der Waals surface area contributed by atoms with Crippen LogP contribution in [0.5, 0.6) is 0 Å². The van der Waals surface area contributed by atoms with Crippen molar-refractivity contribution in [1.82, 2.24) is 5.43 Å². The Morgan fingerprint density at radius 2 is 1.72 bits per heavy atom. The maximum absolute atomic E-state index is 12.5. The number of carbonyl (C=O) groups is 2. The number of nitrogens with one attached hydrogen (secondary N) is 1. The van der Waals surface area contributed by atoms with Crippen molar-refractivity contribution in [3.8, 4) is 0 Å². The van der Waals surface area contributed by atoms with Gasteiger partial charge >= 0.3 is 5.97 Å². The molecule has 1 amide bonds. The van der Waals surface area contributed by atoms with Crippen LogP contribution in [0.4, 0.5) is 0 Å². The number of nitrogens with zero attached hydrogens (tertiary/aromatic N) is 1. The van der Waals surface area contributed by atoms with Gasteiger partial charge in [0, 0.05) is 0 Å². The first kappa shape index (κ1) is 16.4. The lowest BCUT2D eigenvalue weighted by atomic mass is 9.99. The molecule has 0 aliphatic rings. The van der Waals surface area contributed by atoms with Gasteiger partial charge in [-0.3, -0.25) is 4.79 Å². The van der Waals surface area contributed by atoms with Crippen LogP contribution < -0.4 is 5.43 Å². The second-order valence-corrected chi connectivity index (χ2v) is 5.60.